The molecule has 0 saturated carbocycles. The van der Waals surface area contributed by atoms with E-state index in [4.69, 9.17) is 22.7 Å². The minimum Gasteiger partial charge on any atom is -0.389 e. The second kappa shape index (κ2) is 6.95. The minimum atomic E-state index is -3.55. The van der Waals surface area contributed by atoms with Gasteiger partial charge in [0.1, 0.15) is 4.99 Å². The molecule has 1 atom stereocenters. The van der Waals surface area contributed by atoms with E-state index in [1.54, 1.807) is 19.1 Å². The molecule has 1 aromatic rings. The van der Waals surface area contributed by atoms with Gasteiger partial charge < -0.3 is 10.5 Å². The summed E-state index contributed by atoms with van der Waals surface area (Å²) in [6.45, 7) is 4.49. The first-order valence-electron chi connectivity index (χ1n) is 5.86. The summed E-state index contributed by atoms with van der Waals surface area (Å²) in [5, 5.41) is 0. The summed E-state index contributed by atoms with van der Waals surface area (Å²) in [7, 11) is -3.55. The van der Waals surface area contributed by atoms with Crippen LogP contribution in [0.1, 0.15) is 19.4 Å². The number of thiocarbonyl (C=S) groups is 1. The molecule has 5 nitrogen and oxygen atoms in total. The number of ether oxygens (including phenoxy) is 1. The molecule has 7 heteroatoms. The van der Waals surface area contributed by atoms with Crippen LogP contribution >= 0.6 is 12.2 Å². The lowest BCUT2D eigenvalue weighted by Crippen LogP contribution is -2.35. The molecule has 0 aliphatic rings. The molecule has 0 aromatic heterocycles. The molecule has 1 rings (SSSR count). The maximum atomic E-state index is 12.1. The van der Waals surface area contributed by atoms with Gasteiger partial charge in [0.2, 0.25) is 10.0 Å². The molecule has 0 fully saturated rings. The Morgan fingerprint density at radius 3 is 2.47 bits per heavy atom. The lowest BCUT2D eigenvalue weighted by atomic mass is 10.2. The van der Waals surface area contributed by atoms with Crippen molar-refractivity contribution in [3.8, 4) is 0 Å². The summed E-state index contributed by atoms with van der Waals surface area (Å²) >= 11 is 4.81. The first-order chi connectivity index (χ1) is 8.86. The Kier molecular flexibility index (Phi) is 5.86. The highest BCUT2D eigenvalue weighted by molar-refractivity contribution is 7.89. The zero-order valence-corrected chi connectivity index (χ0v) is 12.6. The second-order valence-corrected chi connectivity index (χ2v) is 6.22. The molecule has 19 heavy (non-hydrogen) atoms. The summed E-state index contributed by atoms with van der Waals surface area (Å²) in [4.78, 5) is 0.414. The van der Waals surface area contributed by atoms with Gasteiger partial charge >= 0.3 is 0 Å². The fourth-order valence-electron chi connectivity index (χ4n) is 1.46. The number of rotatable bonds is 7. The molecular weight excluding hydrogens is 284 g/mol. The molecule has 0 radical (unpaired) electrons. The van der Waals surface area contributed by atoms with Crippen LogP contribution in [0.2, 0.25) is 0 Å². The first-order valence-corrected chi connectivity index (χ1v) is 7.76. The molecule has 0 amide bonds. The summed E-state index contributed by atoms with van der Waals surface area (Å²) in [6, 6.07) is 5.84. The van der Waals surface area contributed by atoms with E-state index < -0.39 is 10.0 Å². The quantitative estimate of drug-likeness (QED) is 0.735. The van der Waals surface area contributed by atoms with Crippen molar-refractivity contribution in [2.24, 2.45) is 5.73 Å². The topological polar surface area (TPSA) is 81.4 Å². The average Bonchev–Trinajstić information content (AvgIpc) is 2.36. The van der Waals surface area contributed by atoms with E-state index >= 15 is 0 Å². The monoisotopic (exact) mass is 302 g/mol. The fraction of sp³-hybridized carbons (Fsp3) is 0.417. The van der Waals surface area contributed by atoms with E-state index in [0.29, 0.717) is 18.8 Å². The molecule has 0 saturated heterocycles. The minimum absolute atomic E-state index is 0.177. The van der Waals surface area contributed by atoms with Gasteiger partial charge in [-0.05, 0) is 26.0 Å². The van der Waals surface area contributed by atoms with Crippen molar-refractivity contribution < 1.29 is 13.2 Å². The molecule has 0 bridgehead atoms. The van der Waals surface area contributed by atoms with Gasteiger partial charge in [-0.2, -0.15) is 0 Å². The zero-order valence-electron chi connectivity index (χ0n) is 10.9. The highest BCUT2D eigenvalue weighted by Crippen LogP contribution is 2.11. The molecule has 3 N–H and O–H groups in total. The smallest absolute Gasteiger partial charge is 0.240 e. The van der Waals surface area contributed by atoms with Crippen molar-refractivity contribution in [2.75, 3.05) is 13.2 Å². The molecule has 0 spiro atoms. The van der Waals surface area contributed by atoms with E-state index in [1.165, 1.54) is 12.1 Å². The van der Waals surface area contributed by atoms with Crippen LogP contribution in [0.3, 0.4) is 0 Å². The van der Waals surface area contributed by atoms with Gasteiger partial charge in [-0.15, -0.1) is 0 Å². The average molecular weight is 302 g/mol. The van der Waals surface area contributed by atoms with Crippen LogP contribution in [0.25, 0.3) is 0 Å². The van der Waals surface area contributed by atoms with E-state index in [1.807, 2.05) is 6.92 Å². The second-order valence-electron chi connectivity index (χ2n) is 4.07. The molecule has 106 valence electrons. The van der Waals surface area contributed by atoms with Crippen LogP contribution in [0, 0.1) is 0 Å². The van der Waals surface area contributed by atoms with Crippen LogP contribution in [0.4, 0.5) is 0 Å². The molecule has 1 unspecified atom stereocenters. The summed E-state index contributed by atoms with van der Waals surface area (Å²) < 4.78 is 31.8. The van der Waals surface area contributed by atoms with Crippen molar-refractivity contribution in [2.45, 2.75) is 24.8 Å². The number of benzene rings is 1. The predicted molar refractivity (Wildman–Crippen MR) is 78.6 cm³/mol. The third-order valence-corrected chi connectivity index (χ3v) is 4.22. The summed E-state index contributed by atoms with van der Waals surface area (Å²) in [5.41, 5.74) is 6.09. The van der Waals surface area contributed by atoms with E-state index in [2.05, 4.69) is 4.72 Å². The Hall–Kier alpha value is -1.02. The third-order valence-electron chi connectivity index (χ3n) is 2.38. The number of sulfonamides is 1. The molecule has 0 heterocycles. The van der Waals surface area contributed by atoms with Crippen LogP contribution < -0.4 is 10.5 Å². The van der Waals surface area contributed by atoms with Gasteiger partial charge in [-0.25, -0.2) is 13.1 Å². The van der Waals surface area contributed by atoms with Crippen molar-refractivity contribution in [3.63, 3.8) is 0 Å². The molecule has 1 aromatic carbocycles. The SMILES string of the molecule is CCOCC(C)NS(=O)(=O)c1ccc(C(N)=S)cc1. The van der Waals surface area contributed by atoms with E-state index in [-0.39, 0.29) is 15.9 Å². The normalized spacial score (nSPS) is 13.2. The largest absolute Gasteiger partial charge is 0.389 e. The van der Waals surface area contributed by atoms with Crippen LogP contribution in [0.15, 0.2) is 29.2 Å². The lowest BCUT2D eigenvalue weighted by molar-refractivity contribution is 0.133. The zero-order chi connectivity index (χ0) is 14.5. The lowest BCUT2D eigenvalue weighted by Gasteiger charge is -2.14. The van der Waals surface area contributed by atoms with Gasteiger partial charge in [0.25, 0.3) is 0 Å². The molecular formula is C12H18N2O3S2. The predicted octanol–water partition coefficient (Wildman–Crippen LogP) is 1.02. The first kappa shape index (κ1) is 16.0. The Morgan fingerprint density at radius 1 is 1.42 bits per heavy atom. The number of nitrogens with two attached hydrogens (primary N) is 1. The summed E-state index contributed by atoms with van der Waals surface area (Å²) in [5.74, 6) is 0. The van der Waals surface area contributed by atoms with Crippen LogP contribution in [-0.4, -0.2) is 32.7 Å². The fourth-order valence-corrected chi connectivity index (χ4v) is 2.82. The number of hydrogen-bond donors (Lipinski definition) is 2. The van der Waals surface area contributed by atoms with Gasteiger partial charge in [0.15, 0.2) is 0 Å². The maximum absolute atomic E-state index is 12.1. The molecule has 0 aliphatic carbocycles. The van der Waals surface area contributed by atoms with Gasteiger partial charge in [-0.1, -0.05) is 24.4 Å². The van der Waals surface area contributed by atoms with Crippen molar-refractivity contribution in [1.29, 1.82) is 0 Å². The van der Waals surface area contributed by atoms with Crippen LogP contribution in [0.5, 0.6) is 0 Å². The van der Waals surface area contributed by atoms with E-state index in [0.717, 1.165) is 0 Å². The Balaban J connectivity index is 2.79. The highest BCUT2D eigenvalue weighted by Gasteiger charge is 2.17. The maximum Gasteiger partial charge on any atom is 0.240 e. The Labute approximate surface area is 119 Å². The third kappa shape index (κ3) is 4.87. The van der Waals surface area contributed by atoms with Gasteiger partial charge in [0, 0.05) is 18.2 Å². The number of nitrogens with one attached hydrogen (secondary N) is 1. The highest BCUT2D eigenvalue weighted by atomic mass is 32.2. The van der Waals surface area contributed by atoms with Crippen molar-refractivity contribution in [3.05, 3.63) is 29.8 Å². The summed E-state index contributed by atoms with van der Waals surface area (Å²) in [6.07, 6.45) is 0. The Bertz CT molecular complexity index is 526. The standard InChI is InChI=1S/C12H18N2O3S2/c1-3-17-8-9(2)14-19(15,16)11-6-4-10(5-7-11)12(13)18/h4-7,9,14H,3,8H2,1-2H3,(H2,13,18). The van der Waals surface area contributed by atoms with E-state index in [9.17, 15) is 8.42 Å². The van der Waals surface area contributed by atoms with Crippen molar-refractivity contribution >= 4 is 27.2 Å². The number of hydrogen-bond acceptors (Lipinski definition) is 4. The van der Waals surface area contributed by atoms with Gasteiger partial charge in [-0.3, -0.25) is 0 Å². The van der Waals surface area contributed by atoms with Crippen molar-refractivity contribution in [1.82, 2.24) is 4.72 Å². The Morgan fingerprint density at radius 2 is 2.00 bits per heavy atom. The van der Waals surface area contributed by atoms with Crippen LogP contribution in [-0.2, 0) is 14.8 Å². The molecule has 0 aliphatic heterocycles. The van der Waals surface area contributed by atoms with Gasteiger partial charge in [0.05, 0.1) is 11.5 Å².